The van der Waals surface area contributed by atoms with Gasteiger partial charge in [0, 0.05) is 17.6 Å². The number of aromatic nitrogens is 2. The van der Waals surface area contributed by atoms with Gasteiger partial charge in [0.1, 0.15) is 0 Å². The molecular formula is C18H23BrN4O. The molecule has 1 aromatic heterocycles. The molecule has 1 amide bonds. The van der Waals surface area contributed by atoms with Crippen molar-refractivity contribution >= 4 is 21.8 Å². The maximum Gasteiger partial charge on any atom is 0.251 e. The summed E-state index contributed by atoms with van der Waals surface area (Å²) in [5, 5.41) is 11.1. The van der Waals surface area contributed by atoms with Crippen molar-refractivity contribution in [3.05, 3.63) is 45.7 Å². The smallest absolute Gasteiger partial charge is 0.251 e. The van der Waals surface area contributed by atoms with Gasteiger partial charge in [-0.15, -0.1) is 0 Å². The first-order valence-corrected chi connectivity index (χ1v) is 9.11. The largest absolute Gasteiger partial charge is 0.349 e. The molecule has 5 nitrogen and oxygen atoms in total. The first-order valence-electron chi connectivity index (χ1n) is 8.32. The summed E-state index contributed by atoms with van der Waals surface area (Å²) in [5.41, 5.74) is 3.64. The van der Waals surface area contributed by atoms with E-state index in [2.05, 4.69) is 38.6 Å². The SMILES string of the molecule is Cc1nn(-c2ccc(C(=O)NC3CCNC(C)C3)cc2)c(C)c1Br. The van der Waals surface area contributed by atoms with E-state index in [1.165, 1.54) is 0 Å². The Balaban J connectivity index is 1.72. The van der Waals surface area contributed by atoms with E-state index in [-0.39, 0.29) is 11.9 Å². The van der Waals surface area contributed by atoms with Crippen LogP contribution in [-0.4, -0.2) is 34.3 Å². The van der Waals surface area contributed by atoms with Gasteiger partial charge >= 0.3 is 0 Å². The number of rotatable bonds is 3. The van der Waals surface area contributed by atoms with Crippen LogP contribution in [0.15, 0.2) is 28.7 Å². The van der Waals surface area contributed by atoms with Crippen molar-refractivity contribution in [2.75, 3.05) is 6.54 Å². The van der Waals surface area contributed by atoms with Crippen LogP contribution >= 0.6 is 15.9 Å². The van der Waals surface area contributed by atoms with Crippen LogP contribution in [0.3, 0.4) is 0 Å². The monoisotopic (exact) mass is 390 g/mol. The molecule has 2 atom stereocenters. The zero-order chi connectivity index (χ0) is 17.3. The third-order valence-electron chi connectivity index (χ3n) is 4.54. The molecule has 3 rings (SSSR count). The Morgan fingerprint density at radius 3 is 2.62 bits per heavy atom. The number of piperidine rings is 1. The predicted molar refractivity (Wildman–Crippen MR) is 98.7 cm³/mol. The zero-order valence-corrected chi connectivity index (χ0v) is 15.9. The van der Waals surface area contributed by atoms with Gasteiger partial charge in [0.2, 0.25) is 0 Å². The van der Waals surface area contributed by atoms with E-state index >= 15 is 0 Å². The maximum absolute atomic E-state index is 12.4. The topological polar surface area (TPSA) is 59.0 Å². The maximum atomic E-state index is 12.4. The molecule has 2 aromatic rings. The number of hydrogen-bond acceptors (Lipinski definition) is 3. The molecule has 2 unspecified atom stereocenters. The number of amides is 1. The molecule has 0 radical (unpaired) electrons. The van der Waals surface area contributed by atoms with Gasteiger partial charge in [0.15, 0.2) is 0 Å². The molecule has 2 N–H and O–H groups in total. The van der Waals surface area contributed by atoms with Gasteiger partial charge in [-0.2, -0.15) is 5.10 Å². The fourth-order valence-electron chi connectivity index (χ4n) is 3.16. The highest BCUT2D eigenvalue weighted by Crippen LogP contribution is 2.23. The van der Waals surface area contributed by atoms with Crippen LogP contribution < -0.4 is 10.6 Å². The van der Waals surface area contributed by atoms with Crippen LogP contribution in [0.25, 0.3) is 5.69 Å². The third kappa shape index (κ3) is 3.54. The number of carbonyl (C=O) groups is 1. The minimum absolute atomic E-state index is 0.00445. The summed E-state index contributed by atoms with van der Waals surface area (Å²) < 4.78 is 2.90. The molecule has 1 aliphatic heterocycles. The summed E-state index contributed by atoms with van der Waals surface area (Å²) in [7, 11) is 0. The standard InChI is InChI=1S/C18H23BrN4O/c1-11-10-15(8-9-20-11)21-18(24)14-4-6-16(7-5-14)23-13(3)17(19)12(2)22-23/h4-7,11,15,20H,8-10H2,1-3H3,(H,21,24). The molecule has 0 saturated carbocycles. The molecule has 0 bridgehead atoms. The van der Waals surface area contributed by atoms with Crippen LogP contribution in [0.5, 0.6) is 0 Å². The van der Waals surface area contributed by atoms with Crippen molar-refractivity contribution in [1.82, 2.24) is 20.4 Å². The van der Waals surface area contributed by atoms with Crippen molar-refractivity contribution in [3.8, 4) is 5.69 Å². The van der Waals surface area contributed by atoms with Gasteiger partial charge in [0.25, 0.3) is 5.91 Å². The van der Waals surface area contributed by atoms with Gasteiger partial charge in [-0.05, 0) is 80.4 Å². The summed E-state index contributed by atoms with van der Waals surface area (Å²) in [6.45, 7) is 7.09. The molecule has 2 heterocycles. The molecule has 0 aliphatic carbocycles. The van der Waals surface area contributed by atoms with Crippen molar-refractivity contribution in [2.24, 2.45) is 0 Å². The number of halogens is 1. The number of nitrogens with one attached hydrogen (secondary N) is 2. The Labute approximate surface area is 151 Å². The number of nitrogens with zero attached hydrogens (tertiary/aromatic N) is 2. The number of hydrogen-bond donors (Lipinski definition) is 2. The van der Waals surface area contributed by atoms with E-state index < -0.39 is 0 Å². The molecule has 6 heteroatoms. The highest BCUT2D eigenvalue weighted by Gasteiger charge is 2.20. The van der Waals surface area contributed by atoms with Gasteiger partial charge in [-0.3, -0.25) is 4.79 Å². The second-order valence-electron chi connectivity index (χ2n) is 6.49. The van der Waals surface area contributed by atoms with Crippen molar-refractivity contribution in [3.63, 3.8) is 0 Å². The molecule has 1 aliphatic rings. The Hall–Kier alpha value is -1.66. The van der Waals surface area contributed by atoms with Crippen LogP contribution in [0, 0.1) is 13.8 Å². The van der Waals surface area contributed by atoms with E-state index in [9.17, 15) is 4.79 Å². The van der Waals surface area contributed by atoms with Gasteiger partial charge in [0.05, 0.1) is 21.5 Å². The second kappa shape index (κ2) is 7.07. The Morgan fingerprint density at radius 2 is 2.04 bits per heavy atom. The van der Waals surface area contributed by atoms with Crippen molar-refractivity contribution in [1.29, 1.82) is 0 Å². The summed E-state index contributed by atoms with van der Waals surface area (Å²) in [4.78, 5) is 12.4. The van der Waals surface area contributed by atoms with E-state index in [0.717, 1.165) is 40.9 Å². The zero-order valence-electron chi connectivity index (χ0n) is 14.3. The molecule has 1 aromatic carbocycles. The van der Waals surface area contributed by atoms with E-state index in [1.54, 1.807) is 0 Å². The average molecular weight is 391 g/mol. The molecular weight excluding hydrogens is 368 g/mol. The normalized spacial score (nSPS) is 20.8. The Morgan fingerprint density at radius 1 is 1.33 bits per heavy atom. The van der Waals surface area contributed by atoms with Crippen molar-refractivity contribution in [2.45, 2.75) is 45.7 Å². The molecule has 128 valence electrons. The third-order valence-corrected chi connectivity index (χ3v) is 5.68. The number of benzene rings is 1. The lowest BCUT2D eigenvalue weighted by Crippen LogP contribution is -2.46. The van der Waals surface area contributed by atoms with Crippen LogP contribution in [-0.2, 0) is 0 Å². The fraction of sp³-hybridized carbons (Fsp3) is 0.444. The summed E-state index contributed by atoms with van der Waals surface area (Å²) >= 11 is 3.54. The van der Waals surface area contributed by atoms with Gasteiger partial charge in [-0.25, -0.2) is 4.68 Å². The summed E-state index contributed by atoms with van der Waals surface area (Å²) in [6, 6.07) is 8.30. The molecule has 24 heavy (non-hydrogen) atoms. The fourth-order valence-corrected chi connectivity index (χ4v) is 3.41. The Bertz CT molecular complexity index is 738. The Kier molecular flexibility index (Phi) is 5.06. The summed E-state index contributed by atoms with van der Waals surface area (Å²) in [5.74, 6) is -0.00445. The highest BCUT2D eigenvalue weighted by molar-refractivity contribution is 9.10. The van der Waals surface area contributed by atoms with E-state index in [0.29, 0.717) is 11.6 Å². The predicted octanol–water partition coefficient (Wildman–Crippen LogP) is 3.12. The number of carbonyl (C=O) groups excluding carboxylic acids is 1. The summed E-state index contributed by atoms with van der Waals surface area (Å²) in [6.07, 6.45) is 1.96. The minimum atomic E-state index is -0.00445. The first kappa shape index (κ1) is 17.2. The quantitative estimate of drug-likeness (QED) is 0.846. The lowest BCUT2D eigenvalue weighted by molar-refractivity contribution is 0.0925. The first-order chi connectivity index (χ1) is 11.5. The van der Waals surface area contributed by atoms with Gasteiger partial charge in [-0.1, -0.05) is 0 Å². The van der Waals surface area contributed by atoms with Crippen LogP contribution in [0.2, 0.25) is 0 Å². The molecule has 0 spiro atoms. The van der Waals surface area contributed by atoms with E-state index in [4.69, 9.17) is 0 Å². The highest BCUT2D eigenvalue weighted by atomic mass is 79.9. The lowest BCUT2D eigenvalue weighted by Gasteiger charge is -2.28. The molecule has 1 fully saturated rings. The number of aryl methyl sites for hydroxylation is 1. The van der Waals surface area contributed by atoms with Crippen LogP contribution in [0.1, 0.15) is 41.5 Å². The van der Waals surface area contributed by atoms with Gasteiger partial charge < -0.3 is 10.6 Å². The van der Waals surface area contributed by atoms with Crippen LogP contribution in [0.4, 0.5) is 0 Å². The average Bonchev–Trinajstić information content (AvgIpc) is 2.82. The van der Waals surface area contributed by atoms with E-state index in [1.807, 2.05) is 42.8 Å². The lowest BCUT2D eigenvalue weighted by atomic mass is 10.0. The molecule has 1 saturated heterocycles. The second-order valence-corrected chi connectivity index (χ2v) is 7.29. The van der Waals surface area contributed by atoms with Crippen molar-refractivity contribution < 1.29 is 4.79 Å². The minimum Gasteiger partial charge on any atom is -0.349 e.